The zero-order valence-corrected chi connectivity index (χ0v) is 18.5. The summed E-state index contributed by atoms with van der Waals surface area (Å²) < 4.78 is 10.9. The van der Waals surface area contributed by atoms with Crippen molar-refractivity contribution in [2.45, 2.75) is 6.92 Å². The Bertz CT molecular complexity index is 597. The van der Waals surface area contributed by atoms with Crippen LogP contribution in [0.1, 0.15) is 6.92 Å². The summed E-state index contributed by atoms with van der Waals surface area (Å²) in [5, 5.41) is 3.04. The number of rotatable bonds is 5. The molecule has 1 aromatic rings. The van der Waals surface area contributed by atoms with E-state index in [9.17, 15) is 4.79 Å². The predicted octanol–water partition coefficient (Wildman–Crippen LogP) is 2.16. The maximum absolute atomic E-state index is 12.3. The van der Waals surface area contributed by atoms with Gasteiger partial charge in [0, 0.05) is 44.3 Å². The quantitative estimate of drug-likeness (QED) is 0.705. The number of anilines is 3. The Hall–Kier alpha value is -0.960. The number of amides is 1. The molecule has 7 nitrogen and oxygen atoms in total. The molecule has 0 aromatic heterocycles. The average molecular weight is 458 g/mol. The Kier molecular flexibility index (Phi) is 12.8. The number of nitrogens with one attached hydrogen (secondary N) is 1. The third-order valence-electron chi connectivity index (χ3n) is 4.77. The van der Waals surface area contributed by atoms with E-state index in [0.717, 1.165) is 56.5 Å². The summed E-state index contributed by atoms with van der Waals surface area (Å²) in [6.07, 6.45) is 0. The third kappa shape index (κ3) is 6.83. The van der Waals surface area contributed by atoms with Crippen LogP contribution < -0.4 is 20.9 Å². The van der Waals surface area contributed by atoms with Gasteiger partial charge in [-0.2, -0.15) is 0 Å². The molecule has 28 heavy (non-hydrogen) atoms. The molecule has 2 saturated heterocycles. The number of carbonyl (C=O) groups is 1. The zero-order valence-electron chi connectivity index (χ0n) is 16.1. The monoisotopic (exact) mass is 456 g/mol. The summed E-state index contributed by atoms with van der Waals surface area (Å²) in [6.45, 7) is 8.50. The zero-order chi connectivity index (χ0) is 17.6. The lowest BCUT2D eigenvalue weighted by molar-refractivity contribution is -0.119. The molecule has 1 amide bonds. The smallest absolute Gasteiger partial charge is 0.228 e. The van der Waals surface area contributed by atoms with Crippen LogP contribution in [0.5, 0.6) is 0 Å². The molecular formula is C18H31Cl3N4O3. The second-order valence-electron chi connectivity index (χ2n) is 6.53. The molecule has 0 aliphatic carbocycles. The lowest BCUT2D eigenvalue weighted by Crippen LogP contribution is -2.38. The molecule has 2 heterocycles. The lowest BCUT2D eigenvalue weighted by Gasteiger charge is -2.33. The maximum atomic E-state index is 12.3. The van der Waals surface area contributed by atoms with Crippen molar-refractivity contribution in [3.8, 4) is 0 Å². The van der Waals surface area contributed by atoms with Crippen molar-refractivity contribution in [3.63, 3.8) is 0 Å². The number of nitrogens with two attached hydrogens (primary N) is 1. The second kappa shape index (κ2) is 13.3. The molecule has 0 bridgehead atoms. The molecule has 162 valence electrons. The topological polar surface area (TPSA) is 80.1 Å². The van der Waals surface area contributed by atoms with Crippen LogP contribution in [0.3, 0.4) is 0 Å². The highest BCUT2D eigenvalue weighted by Crippen LogP contribution is 2.32. The third-order valence-corrected chi connectivity index (χ3v) is 4.77. The van der Waals surface area contributed by atoms with E-state index in [4.69, 9.17) is 15.2 Å². The van der Waals surface area contributed by atoms with E-state index in [2.05, 4.69) is 27.2 Å². The molecular weight excluding hydrogens is 427 g/mol. The van der Waals surface area contributed by atoms with E-state index >= 15 is 0 Å². The standard InChI is InChI=1S/C18H28N4O3.3ClH/c1-14(13-19)18(23)20-16-3-2-15(21-4-8-24-9-5-21)12-17(16)22-6-10-25-11-7-22;;;/h2-3,12,14H,4-11,13,19H2,1H3,(H,20,23);3*1H. The Balaban J connectivity index is 0.00000243. The highest BCUT2D eigenvalue weighted by Gasteiger charge is 2.20. The fourth-order valence-electron chi connectivity index (χ4n) is 3.07. The van der Waals surface area contributed by atoms with Crippen LogP contribution in [-0.4, -0.2) is 65.1 Å². The molecule has 10 heteroatoms. The maximum Gasteiger partial charge on any atom is 0.228 e. The summed E-state index contributed by atoms with van der Waals surface area (Å²) in [5.41, 5.74) is 8.67. The fourth-order valence-corrected chi connectivity index (χ4v) is 3.07. The van der Waals surface area contributed by atoms with E-state index in [-0.39, 0.29) is 49.0 Å². The van der Waals surface area contributed by atoms with Gasteiger partial charge in [0.2, 0.25) is 5.91 Å². The highest BCUT2D eigenvalue weighted by atomic mass is 35.5. The first-order valence-corrected chi connectivity index (χ1v) is 8.99. The summed E-state index contributed by atoms with van der Waals surface area (Å²) in [4.78, 5) is 16.9. The number of hydrogen-bond acceptors (Lipinski definition) is 6. The van der Waals surface area contributed by atoms with Gasteiger partial charge in [-0.05, 0) is 18.2 Å². The van der Waals surface area contributed by atoms with Gasteiger partial charge >= 0.3 is 0 Å². The van der Waals surface area contributed by atoms with E-state index < -0.39 is 0 Å². The predicted molar refractivity (Wildman–Crippen MR) is 121 cm³/mol. The van der Waals surface area contributed by atoms with Gasteiger partial charge in [-0.1, -0.05) is 6.92 Å². The van der Waals surface area contributed by atoms with Gasteiger partial charge in [-0.15, -0.1) is 37.2 Å². The Morgan fingerprint density at radius 3 is 2.11 bits per heavy atom. The van der Waals surface area contributed by atoms with Gasteiger partial charge in [0.1, 0.15) is 0 Å². The van der Waals surface area contributed by atoms with Crippen LogP contribution in [0.15, 0.2) is 18.2 Å². The van der Waals surface area contributed by atoms with Crippen molar-refractivity contribution in [1.29, 1.82) is 0 Å². The molecule has 2 aliphatic rings. The molecule has 1 unspecified atom stereocenters. The number of nitrogens with zero attached hydrogens (tertiary/aromatic N) is 2. The molecule has 2 aliphatic heterocycles. The minimum absolute atomic E-state index is 0. The van der Waals surface area contributed by atoms with Crippen molar-refractivity contribution < 1.29 is 14.3 Å². The summed E-state index contributed by atoms with van der Waals surface area (Å²) in [5.74, 6) is -0.257. The first-order valence-electron chi connectivity index (χ1n) is 8.99. The number of hydrogen-bond donors (Lipinski definition) is 2. The second-order valence-corrected chi connectivity index (χ2v) is 6.53. The van der Waals surface area contributed by atoms with Crippen molar-refractivity contribution in [2.75, 3.05) is 74.3 Å². The lowest BCUT2D eigenvalue weighted by atomic mass is 10.1. The van der Waals surface area contributed by atoms with Gasteiger partial charge in [0.15, 0.2) is 0 Å². The Morgan fingerprint density at radius 2 is 1.57 bits per heavy atom. The molecule has 1 aromatic carbocycles. The molecule has 0 radical (unpaired) electrons. The van der Waals surface area contributed by atoms with Crippen LogP contribution in [0.2, 0.25) is 0 Å². The van der Waals surface area contributed by atoms with Crippen molar-refractivity contribution in [1.82, 2.24) is 0 Å². The number of ether oxygens (including phenoxy) is 2. The van der Waals surface area contributed by atoms with E-state index in [1.165, 1.54) is 0 Å². The molecule has 3 N–H and O–H groups in total. The number of morpholine rings is 2. The summed E-state index contributed by atoms with van der Waals surface area (Å²) in [6, 6.07) is 6.23. The van der Waals surface area contributed by atoms with Crippen LogP contribution in [0.25, 0.3) is 0 Å². The first-order chi connectivity index (χ1) is 12.2. The molecule has 0 spiro atoms. The van der Waals surface area contributed by atoms with E-state index in [1.807, 2.05) is 13.0 Å². The molecule has 1 atom stereocenters. The van der Waals surface area contributed by atoms with Gasteiger partial charge in [0.25, 0.3) is 0 Å². The number of carbonyl (C=O) groups excluding carboxylic acids is 1. The first kappa shape index (κ1) is 27.0. The van der Waals surface area contributed by atoms with E-state index in [0.29, 0.717) is 19.8 Å². The van der Waals surface area contributed by atoms with E-state index in [1.54, 1.807) is 0 Å². The SMILES string of the molecule is CC(CN)C(=O)Nc1ccc(N2CCOCC2)cc1N1CCOCC1.Cl.Cl.Cl. The van der Waals surface area contributed by atoms with Gasteiger partial charge in [-0.3, -0.25) is 4.79 Å². The van der Waals surface area contributed by atoms with Crippen LogP contribution >= 0.6 is 37.2 Å². The molecule has 0 saturated carbocycles. The highest BCUT2D eigenvalue weighted by molar-refractivity contribution is 5.96. The van der Waals surface area contributed by atoms with Crippen LogP contribution in [0.4, 0.5) is 17.1 Å². The van der Waals surface area contributed by atoms with Crippen LogP contribution in [-0.2, 0) is 14.3 Å². The Labute approximate surface area is 185 Å². The number of benzene rings is 1. The summed E-state index contributed by atoms with van der Waals surface area (Å²) >= 11 is 0. The normalized spacial score (nSPS) is 17.5. The van der Waals surface area contributed by atoms with Crippen LogP contribution in [0, 0.1) is 5.92 Å². The average Bonchev–Trinajstić information content (AvgIpc) is 2.69. The van der Waals surface area contributed by atoms with Gasteiger partial charge in [-0.25, -0.2) is 0 Å². The fraction of sp³-hybridized carbons (Fsp3) is 0.611. The van der Waals surface area contributed by atoms with Crippen molar-refractivity contribution in [2.24, 2.45) is 11.7 Å². The van der Waals surface area contributed by atoms with Gasteiger partial charge in [0.05, 0.1) is 37.8 Å². The van der Waals surface area contributed by atoms with Crippen molar-refractivity contribution >= 4 is 60.2 Å². The minimum Gasteiger partial charge on any atom is -0.378 e. The van der Waals surface area contributed by atoms with Crippen molar-refractivity contribution in [3.05, 3.63) is 18.2 Å². The Morgan fingerprint density at radius 1 is 1.04 bits per heavy atom. The van der Waals surface area contributed by atoms with Gasteiger partial charge < -0.3 is 30.3 Å². The molecule has 2 fully saturated rings. The molecule has 3 rings (SSSR count). The number of halogens is 3. The largest absolute Gasteiger partial charge is 0.378 e. The minimum atomic E-state index is -0.212. The summed E-state index contributed by atoms with van der Waals surface area (Å²) in [7, 11) is 0.